The lowest BCUT2D eigenvalue weighted by Gasteiger charge is -2.27. The molecular weight excluding hydrogens is 350 g/mol. The zero-order valence-electron chi connectivity index (χ0n) is 13.1. The van der Waals surface area contributed by atoms with Crippen LogP contribution in [0, 0.1) is 13.8 Å². The van der Waals surface area contributed by atoms with Gasteiger partial charge in [-0.2, -0.15) is 4.72 Å². The van der Waals surface area contributed by atoms with Gasteiger partial charge in [-0.3, -0.25) is 4.79 Å². The number of amides is 1. The fourth-order valence-corrected chi connectivity index (χ4v) is 4.06. The lowest BCUT2D eigenvalue weighted by molar-refractivity contribution is -0.117. The quantitative estimate of drug-likeness (QED) is 0.763. The topological polar surface area (TPSA) is 87.3 Å². The highest BCUT2D eigenvalue weighted by atomic mass is 35.5. The average Bonchev–Trinajstić information content (AvgIpc) is 2.50. The van der Waals surface area contributed by atoms with Gasteiger partial charge in [0.05, 0.1) is 5.69 Å². The lowest BCUT2D eigenvalue weighted by Crippen LogP contribution is -2.51. The van der Waals surface area contributed by atoms with Gasteiger partial charge in [-0.15, -0.1) is 0 Å². The monoisotopic (exact) mass is 365 g/mol. The maximum Gasteiger partial charge on any atom is 0.262 e. The molecule has 0 aromatic heterocycles. The first-order valence-electron chi connectivity index (χ1n) is 7.23. The first-order valence-corrected chi connectivity index (χ1v) is 9.09. The third-order valence-electron chi connectivity index (χ3n) is 3.71. The van der Waals surface area contributed by atoms with Gasteiger partial charge in [0.15, 0.2) is 6.17 Å². The zero-order chi connectivity index (χ0) is 17.5. The molecule has 1 atom stereocenters. The van der Waals surface area contributed by atoms with Crippen molar-refractivity contribution in [3.63, 3.8) is 0 Å². The molecule has 126 valence electrons. The van der Waals surface area contributed by atoms with Crippen molar-refractivity contribution >= 4 is 38.9 Å². The second kappa shape index (κ2) is 6.08. The van der Waals surface area contributed by atoms with E-state index in [-0.39, 0.29) is 4.90 Å². The SMILES string of the molecule is Cc1ccc(NC(=O)[C@H]2Nc3ccc(Cl)cc3S(=O)(=O)N2)c(C)c1. The van der Waals surface area contributed by atoms with Gasteiger partial charge in [0.2, 0.25) is 10.0 Å². The molecule has 6 nitrogen and oxygen atoms in total. The van der Waals surface area contributed by atoms with Gasteiger partial charge < -0.3 is 10.6 Å². The molecule has 3 N–H and O–H groups in total. The number of halogens is 1. The molecule has 0 saturated heterocycles. The number of anilines is 2. The van der Waals surface area contributed by atoms with Crippen LogP contribution in [0.1, 0.15) is 11.1 Å². The second-order valence-corrected chi connectivity index (χ2v) is 7.77. The first kappa shape index (κ1) is 16.8. The molecule has 0 unspecified atom stereocenters. The lowest BCUT2D eigenvalue weighted by atomic mass is 10.1. The fraction of sp³-hybridized carbons (Fsp3) is 0.188. The van der Waals surface area contributed by atoms with Crippen molar-refractivity contribution in [1.82, 2.24) is 4.72 Å². The van der Waals surface area contributed by atoms with Crippen LogP contribution in [0.2, 0.25) is 5.02 Å². The molecule has 0 fully saturated rings. The third-order valence-corrected chi connectivity index (χ3v) is 5.41. The van der Waals surface area contributed by atoms with E-state index in [2.05, 4.69) is 15.4 Å². The normalized spacial score (nSPS) is 18.4. The van der Waals surface area contributed by atoms with Crippen LogP contribution in [0.4, 0.5) is 11.4 Å². The molecule has 24 heavy (non-hydrogen) atoms. The van der Waals surface area contributed by atoms with Gasteiger partial charge in [-0.05, 0) is 43.7 Å². The number of sulfonamides is 1. The summed E-state index contributed by atoms with van der Waals surface area (Å²) in [5, 5.41) is 5.91. The van der Waals surface area contributed by atoms with Gasteiger partial charge in [-0.1, -0.05) is 29.3 Å². The van der Waals surface area contributed by atoms with Crippen molar-refractivity contribution in [3.8, 4) is 0 Å². The van der Waals surface area contributed by atoms with Crippen molar-refractivity contribution in [3.05, 3.63) is 52.5 Å². The fourth-order valence-electron chi connectivity index (χ4n) is 2.52. The van der Waals surface area contributed by atoms with E-state index in [1.54, 1.807) is 12.1 Å². The van der Waals surface area contributed by atoms with E-state index in [0.717, 1.165) is 11.1 Å². The van der Waals surface area contributed by atoms with Crippen molar-refractivity contribution in [1.29, 1.82) is 0 Å². The molecule has 3 rings (SSSR count). The van der Waals surface area contributed by atoms with E-state index in [0.29, 0.717) is 16.4 Å². The van der Waals surface area contributed by atoms with Crippen LogP contribution in [0.25, 0.3) is 0 Å². The van der Waals surface area contributed by atoms with Gasteiger partial charge in [0, 0.05) is 10.7 Å². The Balaban J connectivity index is 1.86. The van der Waals surface area contributed by atoms with Gasteiger partial charge in [-0.25, -0.2) is 8.42 Å². The summed E-state index contributed by atoms with van der Waals surface area (Å²) in [4.78, 5) is 12.5. The number of carbonyl (C=O) groups is 1. The van der Waals surface area contributed by atoms with Crippen molar-refractivity contribution in [2.75, 3.05) is 10.6 Å². The molecule has 0 bridgehead atoms. The van der Waals surface area contributed by atoms with Crippen LogP contribution in [0.15, 0.2) is 41.3 Å². The summed E-state index contributed by atoms with van der Waals surface area (Å²) in [5.41, 5.74) is 2.94. The molecule has 0 saturated carbocycles. The van der Waals surface area contributed by atoms with Gasteiger partial charge >= 0.3 is 0 Å². The number of fused-ring (bicyclic) bond motifs is 1. The van der Waals surface area contributed by atoms with Crippen molar-refractivity contribution in [2.45, 2.75) is 24.9 Å². The Morgan fingerprint density at radius 2 is 1.92 bits per heavy atom. The first-order chi connectivity index (χ1) is 11.3. The Kier molecular flexibility index (Phi) is 4.25. The molecule has 2 aromatic carbocycles. The Morgan fingerprint density at radius 3 is 2.62 bits per heavy atom. The number of aryl methyl sites for hydroxylation is 2. The van der Waals surface area contributed by atoms with E-state index in [9.17, 15) is 13.2 Å². The van der Waals surface area contributed by atoms with E-state index in [4.69, 9.17) is 11.6 Å². The van der Waals surface area contributed by atoms with Gasteiger partial charge in [0.25, 0.3) is 5.91 Å². The minimum atomic E-state index is -3.83. The molecule has 1 aliphatic heterocycles. The maximum atomic E-state index is 12.4. The summed E-state index contributed by atoms with van der Waals surface area (Å²) in [5.74, 6) is -0.494. The molecule has 1 heterocycles. The van der Waals surface area contributed by atoms with Crippen LogP contribution < -0.4 is 15.4 Å². The summed E-state index contributed by atoms with van der Waals surface area (Å²) >= 11 is 5.84. The van der Waals surface area contributed by atoms with Crippen LogP contribution in [-0.4, -0.2) is 20.5 Å². The van der Waals surface area contributed by atoms with Crippen LogP contribution in [0.5, 0.6) is 0 Å². The maximum absolute atomic E-state index is 12.4. The number of hydrogen-bond acceptors (Lipinski definition) is 4. The highest BCUT2D eigenvalue weighted by Gasteiger charge is 2.33. The number of rotatable bonds is 2. The summed E-state index contributed by atoms with van der Waals surface area (Å²) in [6, 6.07) is 10.0. The zero-order valence-corrected chi connectivity index (χ0v) is 14.6. The van der Waals surface area contributed by atoms with Crippen LogP contribution in [0.3, 0.4) is 0 Å². The molecule has 0 aliphatic carbocycles. The number of benzene rings is 2. The molecule has 0 radical (unpaired) electrons. The minimum absolute atomic E-state index is 0.0190. The third kappa shape index (κ3) is 3.24. The predicted molar refractivity (Wildman–Crippen MR) is 93.7 cm³/mol. The molecule has 1 amide bonds. The Labute approximate surface area is 145 Å². The molecule has 2 aromatic rings. The highest BCUT2D eigenvalue weighted by molar-refractivity contribution is 7.89. The van der Waals surface area contributed by atoms with E-state index < -0.39 is 22.1 Å². The van der Waals surface area contributed by atoms with Crippen LogP contribution >= 0.6 is 11.6 Å². The predicted octanol–water partition coefficient (Wildman–Crippen LogP) is 2.63. The second-order valence-electron chi connectivity index (χ2n) is 5.65. The van der Waals surface area contributed by atoms with Crippen molar-refractivity contribution in [2.24, 2.45) is 0 Å². The summed E-state index contributed by atoms with van der Waals surface area (Å²) in [6.45, 7) is 3.83. The number of nitrogens with one attached hydrogen (secondary N) is 3. The van der Waals surface area contributed by atoms with Crippen LogP contribution in [-0.2, 0) is 14.8 Å². The largest absolute Gasteiger partial charge is 0.360 e. The number of hydrogen-bond donors (Lipinski definition) is 3. The summed E-state index contributed by atoms with van der Waals surface area (Å²) in [7, 11) is -3.83. The summed E-state index contributed by atoms with van der Waals surface area (Å²) < 4.78 is 26.9. The number of carbonyl (C=O) groups excluding carboxylic acids is 1. The average molecular weight is 366 g/mol. The Bertz CT molecular complexity index is 928. The highest BCUT2D eigenvalue weighted by Crippen LogP contribution is 2.29. The van der Waals surface area contributed by atoms with E-state index in [1.165, 1.54) is 12.1 Å². The van der Waals surface area contributed by atoms with Crippen molar-refractivity contribution < 1.29 is 13.2 Å². The Hall–Kier alpha value is -2.09. The minimum Gasteiger partial charge on any atom is -0.360 e. The molecule has 8 heteroatoms. The molecular formula is C16H16ClN3O3S. The van der Waals surface area contributed by atoms with Gasteiger partial charge in [0.1, 0.15) is 4.90 Å². The smallest absolute Gasteiger partial charge is 0.262 e. The molecule has 1 aliphatic rings. The summed E-state index contributed by atoms with van der Waals surface area (Å²) in [6.07, 6.45) is -1.11. The standard InChI is InChI=1S/C16H16ClN3O3S/c1-9-3-5-12(10(2)7-9)19-16(21)15-18-13-6-4-11(17)8-14(13)24(22,23)20-15/h3-8,15,18,20H,1-2H3,(H,19,21)/t15-/m0/s1. The van der Waals surface area contributed by atoms with E-state index in [1.807, 2.05) is 26.0 Å². The van der Waals surface area contributed by atoms with E-state index >= 15 is 0 Å². The Morgan fingerprint density at radius 1 is 1.17 bits per heavy atom. The molecule has 0 spiro atoms.